The van der Waals surface area contributed by atoms with Crippen molar-refractivity contribution in [3.8, 4) is 11.4 Å². The summed E-state index contributed by atoms with van der Waals surface area (Å²) in [5, 5.41) is 0. The molecule has 1 fully saturated rings. The molecule has 1 aromatic heterocycles. The van der Waals surface area contributed by atoms with Crippen molar-refractivity contribution in [2.24, 2.45) is 0 Å². The molecular weight excluding hydrogens is 322 g/mol. The molecule has 3 aromatic rings. The maximum absolute atomic E-state index is 12.9. The molecule has 2 heterocycles. The Balaban J connectivity index is 1.49. The van der Waals surface area contributed by atoms with Crippen LogP contribution in [0.5, 0.6) is 0 Å². The van der Waals surface area contributed by atoms with E-state index in [1.165, 1.54) is 5.56 Å². The Morgan fingerprint density at radius 2 is 1.62 bits per heavy atom. The number of aromatic nitrogens is 2. The lowest BCUT2D eigenvalue weighted by atomic mass is 10.0. The summed E-state index contributed by atoms with van der Waals surface area (Å²) >= 11 is 0. The lowest BCUT2D eigenvalue weighted by Gasteiger charge is -2.24. The van der Waals surface area contributed by atoms with Gasteiger partial charge in [-0.25, -0.2) is 9.97 Å². The quantitative estimate of drug-likeness (QED) is 0.719. The summed E-state index contributed by atoms with van der Waals surface area (Å²) in [6.45, 7) is 0.802. The van der Waals surface area contributed by atoms with E-state index >= 15 is 0 Å². The van der Waals surface area contributed by atoms with Crippen molar-refractivity contribution < 1.29 is 4.79 Å². The summed E-state index contributed by atoms with van der Waals surface area (Å²) in [6.07, 6.45) is 6.29. The van der Waals surface area contributed by atoms with Crippen LogP contribution < -0.4 is 0 Å². The molecule has 0 N–H and O–H groups in total. The van der Waals surface area contributed by atoms with Gasteiger partial charge in [0.25, 0.3) is 5.91 Å². The molecule has 0 aliphatic carbocycles. The standard InChI is InChI=1S/C22H21N3O/c26-22(19-15-23-21(24-16-19)18-10-5-2-6-11-18)25-13-7-12-20(25)14-17-8-3-1-4-9-17/h1-6,8-11,15-16,20H,7,12-14H2/t20-/m0/s1. The first-order chi connectivity index (χ1) is 12.8. The Kier molecular flexibility index (Phi) is 4.73. The minimum Gasteiger partial charge on any atom is -0.335 e. The molecule has 1 amide bonds. The average molecular weight is 343 g/mol. The van der Waals surface area contributed by atoms with Gasteiger partial charge in [0.1, 0.15) is 0 Å². The van der Waals surface area contributed by atoms with Crippen molar-refractivity contribution in [2.75, 3.05) is 6.54 Å². The molecule has 0 spiro atoms. The van der Waals surface area contributed by atoms with Crippen molar-refractivity contribution >= 4 is 5.91 Å². The fraction of sp³-hybridized carbons (Fsp3) is 0.227. The zero-order chi connectivity index (χ0) is 17.8. The van der Waals surface area contributed by atoms with Crippen molar-refractivity contribution in [2.45, 2.75) is 25.3 Å². The third-order valence-electron chi connectivity index (χ3n) is 4.88. The van der Waals surface area contributed by atoms with Crippen molar-refractivity contribution in [3.05, 3.63) is 84.2 Å². The predicted molar refractivity (Wildman–Crippen MR) is 102 cm³/mol. The molecule has 0 radical (unpaired) electrons. The zero-order valence-electron chi connectivity index (χ0n) is 14.6. The smallest absolute Gasteiger partial charge is 0.257 e. The van der Waals surface area contributed by atoms with Crippen LogP contribution in [0.25, 0.3) is 11.4 Å². The van der Waals surface area contributed by atoms with Crippen LogP contribution >= 0.6 is 0 Å². The monoisotopic (exact) mass is 343 g/mol. The van der Waals surface area contributed by atoms with Crippen molar-refractivity contribution in [3.63, 3.8) is 0 Å². The van der Waals surface area contributed by atoms with Gasteiger partial charge in [-0.15, -0.1) is 0 Å². The fourth-order valence-corrected chi connectivity index (χ4v) is 3.54. The lowest BCUT2D eigenvalue weighted by molar-refractivity contribution is 0.0735. The number of likely N-dealkylation sites (tertiary alicyclic amines) is 1. The average Bonchev–Trinajstić information content (AvgIpc) is 3.17. The van der Waals surface area contributed by atoms with Gasteiger partial charge >= 0.3 is 0 Å². The number of nitrogens with zero attached hydrogens (tertiary/aromatic N) is 3. The van der Waals surface area contributed by atoms with Crippen LogP contribution in [0.3, 0.4) is 0 Å². The first-order valence-corrected chi connectivity index (χ1v) is 9.03. The molecule has 0 bridgehead atoms. The summed E-state index contributed by atoms with van der Waals surface area (Å²) in [4.78, 5) is 23.7. The van der Waals surface area contributed by atoms with Crippen molar-refractivity contribution in [1.29, 1.82) is 0 Å². The summed E-state index contributed by atoms with van der Waals surface area (Å²) in [7, 11) is 0. The third-order valence-corrected chi connectivity index (χ3v) is 4.88. The molecule has 130 valence electrons. The number of hydrogen-bond donors (Lipinski definition) is 0. The molecule has 0 saturated carbocycles. The molecule has 0 unspecified atom stereocenters. The number of hydrogen-bond acceptors (Lipinski definition) is 3. The minimum atomic E-state index is 0.0306. The number of amides is 1. The Hall–Kier alpha value is -3.01. The number of carbonyl (C=O) groups is 1. The molecule has 1 saturated heterocycles. The Morgan fingerprint density at radius 3 is 2.31 bits per heavy atom. The van der Waals surface area contributed by atoms with Gasteiger partial charge in [-0.05, 0) is 24.8 Å². The molecule has 2 aromatic carbocycles. The van der Waals surface area contributed by atoms with Gasteiger partial charge in [-0.2, -0.15) is 0 Å². The molecular formula is C22H21N3O. The summed E-state index contributed by atoms with van der Waals surface area (Å²) < 4.78 is 0. The highest BCUT2D eigenvalue weighted by Crippen LogP contribution is 2.23. The van der Waals surface area contributed by atoms with Gasteiger partial charge in [-0.1, -0.05) is 60.7 Å². The summed E-state index contributed by atoms with van der Waals surface area (Å²) in [6, 6.07) is 20.4. The zero-order valence-corrected chi connectivity index (χ0v) is 14.6. The molecule has 1 atom stereocenters. The van der Waals surface area contributed by atoms with E-state index in [9.17, 15) is 4.79 Å². The van der Waals surface area contributed by atoms with Crippen molar-refractivity contribution in [1.82, 2.24) is 14.9 Å². The van der Waals surface area contributed by atoms with Gasteiger partial charge in [0.2, 0.25) is 0 Å². The van der Waals surface area contributed by atoms with E-state index in [0.717, 1.165) is 31.4 Å². The maximum atomic E-state index is 12.9. The Labute approximate surface area is 153 Å². The van der Waals surface area contributed by atoms with Crippen LogP contribution in [0.1, 0.15) is 28.8 Å². The topological polar surface area (TPSA) is 46.1 Å². The first-order valence-electron chi connectivity index (χ1n) is 9.03. The number of rotatable bonds is 4. The van der Waals surface area contributed by atoms with Crippen LogP contribution in [0.2, 0.25) is 0 Å². The van der Waals surface area contributed by atoms with Gasteiger partial charge < -0.3 is 4.90 Å². The highest BCUT2D eigenvalue weighted by atomic mass is 16.2. The van der Waals surface area contributed by atoms with E-state index in [-0.39, 0.29) is 11.9 Å². The molecule has 1 aliphatic heterocycles. The van der Waals surface area contributed by atoms with Crippen LogP contribution in [-0.2, 0) is 6.42 Å². The van der Waals surface area contributed by atoms with Crippen LogP contribution in [0, 0.1) is 0 Å². The highest BCUT2D eigenvalue weighted by Gasteiger charge is 2.29. The third kappa shape index (κ3) is 3.49. The van der Waals surface area contributed by atoms with E-state index in [1.807, 2.05) is 53.4 Å². The number of carbonyl (C=O) groups excluding carboxylic acids is 1. The van der Waals surface area contributed by atoms with Crippen LogP contribution in [-0.4, -0.2) is 33.4 Å². The van der Waals surface area contributed by atoms with E-state index in [0.29, 0.717) is 11.4 Å². The Morgan fingerprint density at radius 1 is 0.962 bits per heavy atom. The minimum absolute atomic E-state index is 0.0306. The van der Waals surface area contributed by atoms with E-state index in [1.54, 1.807) is 12.4 Å². The lowest BCUT2D eigenvalue weighted by Crippen LogP contribution is -2.37. The van der Waals surface area contributed by atoms with E-state index in [4.69, 9.17) is 0 Å². The van der Waals surface area contributed by atoms with E-state index in [2.05, 4.69) is 22.1 Å². The second kappa shape index (κ2) is 7.48. The largest absolute Gasteiger partial charge is 0.335 e. The van der Waals surface area contributed by atoms with Gasteiger partial charge in [0, 0.05) is 30.5 Å². The Bertz CT molecular complexity index is 863. The van der Waals surface area contributed by atoms with Crippen LogP contribution in [0.4, 0.5) is 0 Å². The van der Waals surface area contributed by atoms with Gasteiger partial charge in [0.15, 0.2) is 5.82 Å². The molecule has 26 heavy (non-hydrogen) atoms. The number of benzene rings is 2. The van der Waals surface area contributed by atoms with Gasteiger partial charge in [0.05, 0.1) is 5.56 Å². The highest BCUT2D eigenvalue weighted by molar-refractivity contribution is 5.94. The van der Waals surface area contributed by atoms with Crippen LogP contribution in [0.15, 0.2) is 73.1 Å². The van der Waals surface area contributed by atoms with Gasteiger partial charge in [-0.3, -0.25) is 4.79 Å². The second-order valence-electron chi connectivity index (χ2n) is 6.65. The molecule has 4 rings (SSSR count). The first kappa shape index (κ1) is 16.5. The molecule has 4 heteroatoms. The summed E-state index contributed by atoms with van der Waals surface area (Å²) in [5.41, 5.74) is 2.78. The molecule has 1 aliphatic rings. The fourth-order valence-electron chi connectivity index (χ4n) is 3.54. The van der Waals surface area contributed by atoms with E-state index < -0.39 is 0 Å². The summed E-state index contributed by atoms with van der Waals surface area (Å²) in [5.74, 6) is 0.674. The predicted octanol–water partition coefficient (Wildman–Crippen LogP) is 3.99. The molecule has 4 nitrogen and oxygen atoms in total. The normalized spacial score (nSPS) is 16.6. The second-order valence-corrected chi connectivity index (χ2v) is 6.65. The SMILES string of the molecule is O=C(c1cnc(-c2ccccc2)nc1)N1CCC[C@H]1Cc1ccccc1. The maximum Gasteiger partial charge on any atom is 0.257 e.